The number of amides is 1. The maximum Gasteiger partial charge on any atom is 0.214 e. The summed E-state index contributed by atoms with van der Waals surface area (Å²) >= 11 is 0. The number of nitrogens with zero attached hydrogens (tertiary/aromatic N) is 4. The van der Waals surface area contributed by atoms with Crippen LogP contribution in [-0.4, -0.2) is 55.9 Å². The van der Waals surface area contributed by atoms with E-state index >= 15 is 0 Å². The van der Waals surface area contributed by atoms with Gasteiger partial charge in [-0.2, -0.15) is 0 Å². The maximum atomic E-state index is 13.5. The molecule has 35 heavy (non-hydrogen) atoms. The number of pyridine rings is 2. The van der Waals surface area contributed by atoms with E-state index in [1.54, 1.807) is 29.4 Å². The van der Waals surface area contributed by atoms with Crippen molar-refractivity contribution >= 4 is 33.6 Å². The number of benzene rings is 1. The van der Waals surface area contributed by atoms with E-state index in [4.69, 9.17) is 4.98 Å². The van der Waals surface area contributed by atoms with Crippen LogP contribution in [0.2, 0.25) is 0 Å². The molecule has 1 aromatic carbocycles. The Balaban J connectivity index is 1.58. The third-order valence-electron chi connectivity index (χ3n) is 6.04. The van der Waals surface area contributed by atoms with Crippen LogP contribution in [0.3, 0.4) is 0 Å². The molecule has 0 aliphatic carbocycles. The molecule has 3 aromatic rings. The number of nitrogens with one attached hydrogen (secondary N) is 1. The summed E-state index contributed by atoms with van der Waals surface area (Å²) in [5.74, 6) is 0.847. The van der Waals surface area contributed by atoms with Crippen molar-refractivity contribution in [1.29, 1.82) is 0 Å². The molecular formula is C25H28FN5O3S. The molecule has 1 atom stereocenters. The molecule has 0 bridgehead atoms. The van der Waals surface area contributed by atoms with Crippen LogP contribution in [0.4, 0.5) is 21.7 Å². The van der Waals surface area contributed by atoms with Crippen molar-refractivity contribution in [2.75, 3.05) is 41.0 Å². The highest BCUT2D eigenvalue weighted by Gasteiger charge is 2.31. The molecule has 1 unspecified atom stereocenters. The van der Waals surface area contributed by atoms with Crippen molar-refractivity contribution in [3.05, 3.63) is 77.9 Å². The Morgan fingerprint density at radius 1 is 1.20 bits per heavy atom. The van der Waals surface area contributed by atoms with Crippen LogP contribution in [0.1, 0.15) is 17.5 Å². The highest BCUT2D eigenvalue weighted by molar-refractivity contribution is 7.91. The van der Waals surface area contributed by atoms with Crippen LogP contribution in [0, 0.1) is 5.82 Å². The Bertz CT molecular complexity index is 1270. The molecule has 1 saturated heterocycles. The molecule has 0 spiro atoms. The Kier molecular flexibility index (Phi) is 7.60. The Labute approximate surface area is 204 Å². The number of hydrogen-bond donors (Lipinski definition) is 1. The predicted octanol–water partition coefficient (Wildman–Crippen LogP) is 3.06. The second-order valence-electron chi connectivity index (χ2n) is 8.62. The Hall–Kier alpha value is -3.53. The molecule has 1 fully saturated rings. The van der Waals surface area contributed by atoms with Gasteiger partial charge in [0.1, 0.15) is 11.6 Å². The van der Waals surface area contributed by atoms with Crippen LogP contribution < -0.4 is 15.1 Å². The summed E-state index contributed by atoms with van der Waals surface area (Å²) in [6, 6.07) is 13.7. The minimum absolute atomic E-state index is 0.290. The van der Waals surface area contributed by atoms with Crippen molar-refractivity contribution in [3.63, 3.8) is 0 Å². The van der Waals surface area contributed by atoms with E-state index in [0.717, 1.165) is 17.5 Å². The average molecular weight is 498 g/mol. The van der Waals surface area contributed by atoms with Gasteiger partial charge >= 0.3 is 0 Å². The molecule has 1 aliphatic rings. The van der Waals surface area contributed by atoms with Crippen LogP contribution >= 0.6 is 0 Å². The molecule has 184 valence electrons. The second-order valence-corrected chi connectivity index (χ2v) is 11.0. The van der Waals surface area contributed by atoms with Crippen LogP contribution in [0.5, 0.6) is 0 Å². The summed E-state index contributed by atoms with van der Waals surface area (Å²) in [7, 11) is -3.14. The normalized spacial score (nSPS) is 15.7. The van der Waals surface area contributed by atoms with E-state index in [1.165, 1.54) is 18.4 Å². The number of halogens is 1. The van der Waals surface area contributed by atoms with Gasteiger partial charge in [0.05, 0.1) is 17.5 Å². The van der Waals surface area contributed by atoms with Crippen LogP contribution in [-0.2, 0) is 27.6 Å². The monoisotopic (exact) mass is 497 g/mol. The molecule has 1 N–H and O–H groups in total. The lowest BCUT2D eigenvalue weighted by Gasteiger charge is -2.24. The fourth-order valence-corrected chi connectivity index (χ4v) is 5.13. The van der Waals surface area contributed by atoms with Gasteiger partial charge in [0, 0.05) is 38.3 Å². The summed E-state index contributed by atoms with van der Waals surface area (Å²) < 4.78 is 37.5. The summed E-state index contributed by atoms with van der Waals surface area (Å²) in [4.78, 5) is 24.4. The van der Waals surface area contributed by atoms with Gasteiger partial charge < -0.3 is 15.1 Å². The zero-order valence-electron chi connectivity index (χ0n) is 19.5. The van der Waals surface area contributed by atoms with Crippen molar-refractivity contribution < 1.29 is 17.6 Å². The largest absolute Gasteiger partial charge is 0.368 e. The van der Waals surface area contributed by atoms with E-state index in [9.17, 15) is 17.6 Å². The lowest BCUT2D eigenvalue weighted by atomic mass is 10.1. The highest BCUT2D eigenvalue weighted by Crippen LogP contribution is 2.30. The lowest BCUT2D eigenvalue weighted by molar-refractivity contribution is -0.107. The molecule has 3 heterocycles. The van der Waals surface area contributed by atoms with Gasteiger partial charge in [-0.05, 0) is 54.3 Å². The minimum Gasteiger partial charge on any atom is -0.368 e. The molecule has 0 saturated carbocycles. The van der Waals surface area contributed by atoms with Gasteiger partial charge in [-0.3, -0.25) is 9.78 Å². The first-order chi connectivity index (χ1) is 16.8. The number of hydrogen-bond acceptors (Lipinski definition) is 7. The number of sulfone groups is 1. The molecule has 8 nitrogen and oxygen atoms in total. The van der Waals surface area contributed by atoms with E-state index in [-0.39, 0.29) is 5.82 Å². The fourth-order valence-electron chi connectivity index (χ4n) is 4.15. The average Bonchev–Trinajstić information content (AvgIpc) is 3.35. The molecular weight excluding hydrogens is 469 g/mol. The van der Waals surface area contributed by atoms with E-state index in [1.807, 2.05) is 29.2 Å². The first-order valence-electron chi connectivity index (χ1n) is 11.4. The van der Waals surface area contributed by atoms with Gasteiger partial charge in [0.2, 0.25) is 6.41 Å². The number of aromatic nitrogens is 2. The number of rotatable bonds is 10. The number of carbonyl (C=O) groups excluding carboxylic acids is 1. The molecule has 10 heteroatoms. The molecule has 2 aromatic heterocycles. The van der Waals surface area contributed by atoms with E-state index in [2.05, 4.69) is 10.3 Å². The third kappa shape index (κ3) is 6.33. The fraction of sp³-hybridized carbons (Fsp3) is 0.320. The first kappa shape index (κ1) is 24.6. The van der Waals surface area contributed by atoms with Gasteiger partial charge in [0.15, 0.2) is 15.7 Å². The van der Waals surface area contributed by atoms with Crippen molar-refractivity contribution in [1.82, 2.24) is 9.97 Å². The van der Waals surface area contributed by atoms with Gasteiger partial charge in [-0.15, -0.1) is 0 Å². The summed E-state index contributed by atoms with van der Waals surface area (Å²) in [6.07, 6.45) is 6.49. The SMILES string of the molecule is CS(=O)(=O)C1CCN(c2ccc(N(C=O)Cc3cccnc3)c(NCCc3cccc(F)c3)n2)C1. The van der Waals surface area contributed by atoms with Crippen molar-refractivity contribution in [2.24, 2.45) is 0 Å². The molecule has 1 aliphatic heterocycles. The number of anilines is 3. The van der Waals surface area contributed by atoms with Crippen LogP contribution in [0.25, 0.3) is 0 Å². The Morgan fingerprint density at radius 2 is 2.03 bits per heavy atom. The quantitative estimate of drug-likeness (QED) is 0.430. The van der Waals surface area contributed by atoms with Gasteiger partial charge in [-0.1, -0.05) is 18.2 Å². The van der Waals surface area contributed by atoms with Gasteiger partial charge in [0.25, 0.3) is 0 Å². The summed E-state index contributed by atoms with van der Waals surface area (Å²) in [6.45, 7) is 1.75. The smallest absolute Gasteiger partial charge is 0.214 e. The predicted molar refractivity (Wildman–Crippen MR) is 135 cm³/mol. The molecule has 1 amide bonds. The number of carbonyl (C=O) groups is 1. The topological polar surface area (TPSA) is 95.5 Å². The van der Waals surface area contributed by atoms with Crippen molar-refractivity contribution in [2.45, 2.75) is 24.6 Å². The van der Waals surface area contributed by atoms with Gasteiger partial charge in [-0.25, -0.2) is 17.8 Å². The standard InChI is InChI=1S/C25H28FN5O3S/c1-35(33,34)22-10-13-30(17-22)24-8-7-23(31(18-32)16-20-5-3-11-27-15-20)25(29-24)28-12-9-19-4-2-6-21(26)14-19/h2-8,11,14-15,18,22H,9-10,12-13,16-17H2,1H3,(H,28,29). The summed E-state index contributed by atoms with van der Waals surface area (Å²) in [5.41, 5.74) is 2.30. The van der Waals surface area contributed by atoms with E-state index in [0.29, 0.717) is 56.3 Å². The summed E-state index contributed by atoms with van der Waals surface area (Å²) in [5, 5.41) is 2.87. The highest BCUT2D eigenvalue weighted by atomic mass is 32.2. The molecule has 0 radical (unpaired) electrons. The van der Waals surface area contributed by atoms with Crippen LogP contribution in [0.15, 0.2) is 60.9 Å². The zero-order valence-corrected chi connectivity index (χ0v) is 20.3. The Morgan fingerprint density at radius 3 is 2.71 bits per heavy atom. The molecule has 4 rings (SSSR count). The van der Waals surface area contributed by atoms with Crippen molar-refractivity contribution in [3.8, 4) is 0 Å². The second kappa shape index (κ2) is 10.8. The lowest BCUT2D eigenvalue weighted by Crippen LogP contribution is -2.27. The first-order valence-corrected chi connectivity index (χ1v) is 13.3. The third-order valence-corrected chi connectivity index (χ3v) is 7.64. The maximum absolute atomic E-state index is 13.5. The van der Waals surface area contributed by atoms with E-state index < -0.39 is 15.1 Å². The zero-order chi connectivity index (χ0) is 24.8. The minimum atomic E-state index is -3.14.